The van der Waals surface area contributed by atoms with Gasteiger partial charge in [0.05, 0.1) is 37.3 Å². The predicted octanol–water partition coefficient (Wildman–Crippen LogP) is 2.35. The number of methoxy groups -OCH3 is 1. The maximum absolute atomic E-state index is 10.8. The zero-order chi connectivity index (χ0) is 20.6. The molecule has 0 radical (unpaired) electrons. The second-order valence-electron chi connectivity index (χ2n) is 6.03. The maximum atomic E-state index is 10.8. The quantitative estimate of drug-likeness (QED) is 0.438. The first kappa shape index (κ1) is 20.0. The van der Waals surface area contributed by atoms with Gasteiger partial charge in [0.15, 0.2) is 11.6 Å². The van der Waals surface area contributed by atoms with Crippen LogP contribution in [0.2, 0.25) is 0 Å². The summed E-state index contributed by atoms with van der Waals surface area (Å²) < 4.78 is 15.9. The van der Waals surface area contributed by atoms with E-state index in [1.165, 1.54) is 0 Å². The van der Waals surface area contributed by atoms with Crippen LogP contribution in [-0.2, 0) is 17.8 Å². The van der Waals surface area contributed by atoms with Crippen molar-refractivity contribution in [1.29, 1.82) is 0 Å². The summed E-state index contributed by atoms with van der Waals surface area (Å²) in [5.41, 5.74) is 13.9. The third-order valence-electron chi connectivity index (χ3n) is 3.96. The molecule has 2 heterocycles. The molecule has 0 aliphatic rings. The Kier molecular flexibility index (Phi) is 6.54. The molecule has 9 nitrogen and oxygen atoms in total. The van der Waals surface area contributed by atoms with Gasteiger partial charge in [-0.05, 0) is 36.2 Å². The van der Waals surface area contributed by atoms with E-state index in [4.69, 9.17) is 25.7 Å². The van der Waals surface area contributed by atoms with Crippen LogP contribution in [0.5, 0.6) is 11.6 Å². The lowest BCUT2D eigenvalue weighted by Gasteiger charge is -2.13. The SMILES string of the molecule is COc1c(N)cc(CCOCc2cccc(OC(N)=O)n2)cc1-c1ncccn1. The van der Waals surface area contributed by atoms with Crippen molar-refractivity contribution in [2.24, 2.45) is 5.73 Å². The lowest BCUT2D eigenvalue weighted by atomic mass is 10.0. The Morgan fingerprint density at radius 1 is 1.14 bits per heavy atom. The maximum Gasteiger partial charge on any atom is 0.411 e. The molecule has 0 atom stereocenters. The largest absolute Gasteiger partial charge is 0.494 e. The van der Waals surface area contributed by atoms with Crippen LogP contribution in [0.3, 0.4) is 0 Å². The van der Waals surface area contributed by atoms with Crippen LogP contribution in [0.1, 0.15) is 11.3 Å². The van der Waals surface area contributed by atoms with Gasteiger partial charge in [-0.25, -0.2) is 19.7 Å². The van der Waals surface area contributed by atoms with Crippen molar-refractivity contribution in [2.75, 3.05) is 19.5 Å². The summed E-state index contributed by atoms with van der Waals surface area (Å²) in [6.07, 6.45) is 3.03. The number of benzene rings is 1. The van der Waals surface area contributed by atoms with Crippen molar-refractivity contribution in [3.8, 4) is 23.0 Å². The van der Waals surface area contributed by atoms with Gasteiger partial charge in [0.1, 0.15) is 0 Å². The number of nitrogens with zero attached hydrogens (tertiary/aromatic N) is 3. The summed E-state index contributed by atoms with van der Waals surface area (Å²) >= 11 is 0. The first-order chi connectivity index (χ1) is 14.1. The van der Waals surface area contributed by atoms with Crippen molar-refractivity contribution in [3.05, 3.63) is 60.0 Å². The van der Waals surface area contributed by atoms with Crippen molar-refractivity contribution in [3.63, 3.8) is 0 Å². The van der Waals surface area contributed by atoms with Gasteiger partial charge >= 0.3 is 6.09 Å². The Labute approximate surface area is 167 Å². The molecule has 0 spiro atoms. The van der Waals surface area contributed by atoms with E-state index in [0.717, 1.165) is 11.1 Å². The number of primary amides is 1. The highest BCUT2D eigenvalue weighted by Crippen LogP contribution is 2.34. The average Bonchev–Trinajstić information content (AvgIpc) is 2.71. The Hall–Kier alpha value is -3.72. The predicted molar refractivity (Wildman–Crippen MR) is 106 cm³/mol. The van der Waals surface area contributed by atoms with E-state index in [2.05, 4.69) is 15.0 Å². The van der Waals surface area contributed by atoms with Gasteiger partial charge in [-0.2, -0.15) is 0 Å². The average molecular weight is 395 g/mol. The van der Waals surface area contributed by atoms with Crippen molar-refractivity contribution >= 4 is 11.8 Å². The summed E-state index contributed by atoms with van der Waals surface area (Å²) in [5, 5.41) is 0. The van der Waals surface area contributed by atoms with E-state index in [0.29, 0.717) is 36.0 Å². The van der Waals surface area contributed by atoms with E-state index < -0.39 is 6.09 Å². The summed E-state index contributed by atoms with van der Waals surface area (Å²) in [7, 11) is 1.56. The molecule has 150 valence electrons. The van der Waals surface area contributed by atoms with Crippen LogP contribution in [0.4, 0.5) is 10.5 Å². The fourth-order valence-corrected chi connectivity index (χ4v) is 2.75. The molecule has 0 bridgehead atoms. The molecular weight excluding hydrogens is 374 g/mol. The smallest absolute Gasteiger partial charge is 0.411 e. The van der Waals surface area contributed by atoms with Gasteiger partial charge in [-0.3, -0.25) is 0 Å². The Morgan fingerprint density at radius 2 is 1.93 bits per heavy atom. The molecule has 3 aromatic rings. The van der Waals surface area contributed by atoms with Gasteiger partial charge in [-0.1, -0.05) is 6.07 Å². The molecule has 4 N–H and O–H groups in total. The molecule has 0 aliphatic carbocycles. The number of hydrogen-bond acceptors (Lipinski definition) is 8. The highest BCUT2D eigenvalue weighted by molar-refractivity contribution is 5.74. The normalized spacial score (nSPS) is 10.5. The van der Waals surface area contributed by atoms with Crippen molar-refractivity contribution in [2.45, 2.75) is 13.0 Å². The number of nitrogens with two attached hydrogens (primary N) is 2. The Morgan fingerprint density at radius 3 is 2.66 bits per heavy atom. The molecule has 1 aromatic carbocycles. The topological polar surface area (TPSA) is 135 Å². The lowest BCUT2D eigenvalue weighted by molar-refractivity contribution is 0.120. The first-order valence-electron chi connectivity index (χ1n) is 8.81. The zero-order valence-electron chi connectivity index (χ0n) is 15.9. The van der Waals surface area contributed by atoms with Crippen molar-refractivity contribution in [1.82, 2.24) is 15.0 Å². The van der Waals surface area contributed by atoms with Crippen LogP contribution >= 0.6 is 0 Å². The number of hydrogen-bond donors (Lipinski definition) is 2. The van der Waals surface area contributed by atoms with E-state index >= 15 is 0 Å². The van der Waals surface area contributed by atoms with Gasteiger partial charge < -0.3 is 25.7 Å². The minimum absolute atomic E-state index is 0.133. The molecule has 0 unspecified atom stereocenters. The number of pyridine rings is 1. The summed E-state index contributed by atoms with van der Waals surface area (Å²) in [4.78, 5) is 23.5. The molecule has 29 heavy (non-hydrogen) atoms. The fourth-order valence-electron chi connectivity index (χ4n) is 2.75. The molecule has 0 aliphatic heterocycles. The number of nitrogen functional groups attached to an aromatic ring is 1. The number of amides is 1. The van der Waals surface area contributed by atoms with Gasteiger partial charge in [-0.15, -0.1) is 0 Å². The van der Waals surface area contributed by atoms with Crippen LogP contribution in [-0.4, -0.2) is 34.8 Å². The molecular formula is C20H21N5O4. The second-order valence-corrected chi connectivity index (χ2v) is 6.03. The highest BCUT2D eigenvalue weighted by atomic mass is 16.6. The van der Waals surface area contributed by atoms with E-state index in [9.17, 15) is 4.79 Å². The lowest BCUT2D eigenvalue weighted by Crippen LogP contribution is -2.17. The standard InChI is InChI=1S/C20H21N5O4/c1-27-18-15(19-23-7-3-8-24-19)10-13(11-16(18)21)6-9-28-12-14-4-2-5-17(25-14)29-20(22)26/h2-5,7-8,10-11H,6,9,12,21H2,1H3,(H2,22,26). The summed E-state index contributed by atoms with van der Waals surface area (Å²) in [5.74, 6) is 1.21. The number of ether oxygens (including phenoxy) is 3. The van der Waals surface area contributed by atoms with E-state index in [-0.39, 0.29) is 12.5 Å². The first-order valence-corrected chi connectivity index (χ1v) is 8.81. The number of anilines is 1. The Balaban J connectivity index is 1.64. The Bertz CT molecular complexity index is 982. The minimum atomic E-state index is -0.911. The van der Waals surface area contributed by atoms with E-state index in [1.54, 1.807) is 43.8 Å². The number of rotatable bonds is 8. The van der Waals surface area contributed by atoms with Crippen LogP contribution in [0.25, 0.3) is 11.4 Å². The van der Waals surface area contributed by atoms with Gasteiger partial charge in [0.25, 0.3) is 0 Å². The van der Waals surface area contributed by atoms with Crippen LogP contribution < -0.4 is 20.9 Å². The molecule has 0 saturated heterocycles. The molecule has 0 saturated carbocycles. The number of carbonyl (C=O) groups excluding carboxylic acids is 1. The molecule has 1 amide bonds. The molecule has 2 aromatic heterocycles. The van der Waals surface area contributed by atoms with Crippen LogP contribution in [0.15, 0.2) is 48.8 Å². The number of aromatic nitrogens is 3. The van der Waals surface area contributed by atoms with E-state index in [1.807, 2.05) is 12.1 Å². The van der Waals surface area contributed by atoms with Gasteiger partial charge in [0, 0.05) is 18.5 Å². The third-order valence-corrected chi connectivity index (χ3v) is 3.96. The van der Waals surface area contributed by atoms with Crippen molar-refractivity contribution < 1.29 is 19.0 Å². The minimum Gasteiger partial charge on any atom is -0.494 e. The molecule has 3 rings (SSSR count). The van der Waals surface area contributed by atoms with Crippen LogP contribution in [0, 0.1) is 0 Å². The fraction of sp³-hybridized carbons (Fsp3) is 0.200. The summed E-state index contributed by atoms with van der Waals surface area (Å²) in [6, 6.07) is 10.5. The molecule has 9 heteroatoms. The monoisotopic (exact) mass is 395 g/mol. The number of carbonyl (C=O) groups is 1. The highest BCUT2D eigenvalue weighted by Gasteiger charge is 2.13. The van der Waals surface area contributed by atoms with Gasteiger partial charge in [0.2, 0.25) is 5.88 Å². The summed E-state index contributed by atoms with van der Waals surface area (Å²) in [6.45, 7) is 0.694. The second kappa shape index (κ2) is 9.47. The molecule has 0 fully saturated rings. The third kappa shape index (κ3) is 5.39. The zero-order valence-corrected chi connectivity index (χ0v) is 15.9.